The van der Waals surface area contributed by atoms with Crippen LogP contribution in [0.5, 0.6) is 5.75 Å². The third kappa shape index (κ3) is 3.67. The molecule has 2 aromatic carbocycles. The lowest BCUT2D eigenvalue weighted by molar-refractivity contribution is -0.138. The Morgan fingerprint density at radius 2 is 1.38 bits per heavy atom. The van der Waals surface area contributed by atoms with Crippen LogP contribution in [-0.4, -0.2) is 10.1 Å². The van der Waals surface area contributed by atoms with E-state index >= 15 is 0 Å². The number of phenols is 1. The maximum absolute atomic E-state index is 12.6. The van der Waals surface area contributed by atoms with Crippen LogP contribution in [0.3, 0.4) is 0 Å². The standard InChI is InChI=1S/C17H9F6NOS/c18-16(19,20)10-3-1-9(2-4-10)15-24-13(8-26-15)12-6-5-11(7-14(12)25)17(21,22)23/h1-8,25H. The summed E-state index contributed by atoms with van der Waals surface area (Å²) in [5.41, 5.74) is -1.01. The second-order valence-corrected chi connectivity index (χ2v) is 6.20. The summed E-state index contributed by atoms with van der Waals surface area (Å²) in [4.78, 5) is 4.19. The van der Waals surface area contributed by atoms with Crippen molar-refractivity contribution in [3.05, 3.63) is 59.0 Å². The van der Waals surface area contributed by atoms with Crippen LogP contribution < -0.4 is 0 Å². The molecule has 26 heavy (non-hydrogen) atoms. The molecule has 3 aromatic rings. The van der Waals surface area contributed by atoms with Crippen molar-refractivity contribution in [1.29, 1.82) is 0 Å². The van der Waals surface area contributed by atoms with E-state index in [9.17, 15) is 31.4 Å². The first kappa shape index (κ1) is 18.2. The molecule has 9 heteroatoms. The Labute approximate surface area is 147 Å². The Morgan fingerprint density at radius 3 is 1.92 bits per heavy atom. The normalized spacial score (nSPS) is 12.4. The fourth-order valence-corrected chi connectivity index (χ4v) is 3.08. The number of alkyl halides is 6. The predicted molar refractivity (Wildman–Crippen MR) is 84.7 cm³/mol. The van der Waals surface area contributed by atoms with E-state index in [1.807, 2.05) is 0 Å². The quantitative estimate of drug-likeness (QED) is 0.528. The highest BCUT2D eigenvalue weighted by Crippen LogP contribution is 2.38. The summed E-state index contributed by atoms with van der Waals surface area (Å²) in [6.45, 7) is 0. The van der Waals surface area contributed by atoms with Gasteiger partial charge in [-0.3, -0.25) is 0 Å². The summed E-state index contributed by atoms with van der Waals surface area (Å²) >= 11 is 1.10. The smallest absolute Gasteiger partial charge is 0.416 e. The molecule has 1 N–H and O–H groups in total. The van der Waals surface area contributed by atoms with Crippen molar-refractivity contribution in [3.63, 3.8) is 0 Å². The van der Waals surface area contributed by atoms with Gasteiger partial charge in [0.1, 0.15) is 10.8 Å². The van der Waals surface area contributed by atoms with Gasteiger partial charge in [-0.05, 0) is 30.3 Å². The highest BCUT2D eigenvalue weighted by molar-refractivity contribution is 7.13. The molecule has 0 spiro atoms. The number of benzene rings is 2. The second kappa shape index (κ2) is 6.31. The molecule has 2 nitrogen and oxygen atoms in total. The number of aromatic hydroxyl groups is 1. The molecule has 3 rings (SSSR count). The first-order chi connectivity index (χ1) is 12.1. The molecule has 1 heterocycles. The van der Waals surface area contributed by atoms with Crippen molar-refractivity contribution in [2.24, 2.45) is 0 Å². The highest BCUT2D eigenvalue weighted by atomic mass is 32.1. The van der Waals surface area contributed by atoms with E-state index in [2.05, 4.69) is 4.98 Å². The van der Waals surface area contributed by atoms with Gasteiger partial charge < -0.3 is 5.11 Å². The Balaban J connectivity index is 1.91. The van der Waals surface area contributed by atoms with Crippen molar-refractivity contribution in [3.8, 4) is 27.6 Å². The molecule has 0 atom stereocenters. The zero-order valence-electron chi connectivity index (χ0n) is 12.7. The summed E-state index contributed by atoms with van der Waals surface area (Å²) in [6, 6.07) is 6.90. The van der Waals surface area contributed by atoms with Crippen LogP contribution in [0.25, 0.3) is 21.8 Å². The summed E-state index contributed by atoms with van der Waals surface area (Å²) in [6.07, 6.45) is -9.03. The molecule has 0 aliphatic heterocycles. The van der Waals surface area contributed by atoms with Crippen molar-refractivity contribution >= 4 is 11.3 Å². The van der Waals surface area contributed by atoms with Crippen LogP contribution in [0.1, 0.15) is 11.1 Å². The number of rotatable bonds is 2. The van der Waals surface area contributed by atoms with Gasteiger partial charge in [-0.2, -0.15) is 26.3 Å². The van der Waals surface area contributed by atoms with Gasteiger partial charge in [-0.15, -0.1) is 11.3 Å². The lowest BCUT2D eigenvalue weighted by atomic mass is 10.1. The number of phenolic OH excluding ortho intramolecular Hbond substituents is 1. The van der Waals surface area contributed by atoms with Gasteiger partial charge in [0.15, 0.2) is 0 Å². The maximum Gasteiger partial charge on any atom is 0.416 e. The fraction of sp³-hybridized carbons (Fsp3) is 0.118. The van der Waals surface area contributed by atoms with E-state index in [1.54, 1.807) is 0 Å². The number of nitrogens with zero attached hydrogens (tertiary/aromatic N) is 1. The molecule has 0 bridgehead atoms. The molecule has 0 aliphatic rings. The lowest BCUT2D eigenvalue weighted by Gasteiger charge is -2.08. The third-order valence-electron chi connectivity index (χ3n) is 3.56. The molecule has 136 valence electrons. The lowest BCUT2D eigenvalue weighted by Crippen LogP contribution is -2.04. The molecule has 0 unspecified atom stereocenters. The van der Waals surface area contributed by atoms with E-state index in [0.29, 0.717) is 16.6 Å². The minimum absolute atomic E-state index is 0.104. The first-order valence-electron chi connectivity index (χ1n) is 7.09. The van der Waals surface area contributed by atoms with Gasteiger partial charge in [-0.1, -0.05) is 12.1 Å². The molecular weight excluding hydrogens is 380 g/mol. The Bertz CT molecular complexity index is 928. The summed E-state index contributed by atoms with van der Waals surface area (Å²) < 4.78 is 75.7. The SMILES string of the molecule is Oc1cc(C(F)(F)F)ccc1-c1csc(-c2ccc(C(F)(F)F)cc2)n1. The van der Waals surface area contributed by atoms with Gasteiger partial charge in [0, 0.05) is 16.5 Å². The van der Waals surface area contributed by atoms with Crippen LogP contribution in [0.15, 0.2) is 47.8 Å². The number of thiazole rings is 1. The van der Waals surface area contributed by atoms with E-state index in [1.165, 1.54) is 17.5 Å². The summed E-state index contributed by atoms with van der Waals surface area (Å²) in [5, 5.41) is 11.7. The van der Waals surface area contributed by atoms with E-state index < -0.39 is 29.2 Å². The molecule has 0 amide bonds. The van der Waals surface area contributed by atoms with E-state index in [-0.39, 0.29) is 11.3 Å². The zero-order chi connectivity index (χ0) is 19.1. The van der Waals surface area contributed by atoms with Crippen LogP contribution >= 0.6 is 11.3 Å². The molecule has 0 fully saturated rings. The third-order valence-corrected chi connectivity index (χ3v) is 4.46. The minimum Gasteiger partial charge on any atom is -0.507 e. The van der Waals surface area contributed by atoms with Gasteiger partial charge in [0.05, 0.1) is 16.8 Å². The maximum atomic E-state index is 12.6. The molecule has 0 saturated carbocycles. The first-order valence-corrected chi connectivity index (χ1v) is 7.97. The molecular formula is C17H9F6NOS. The van der Waals surface area contributed by atoms with Crippen LogP contribution in [0.2, 0.25) is 0 Å². The number of aromatic nitrogens is 1. The van der Waals surface area contributed by atoms with Gasteiger partial charge in [0.25, 0.3) is 0 Å². The fourth-order valence-electron chi connectivity index (χ4n) is 2.26. The van der Waals surface area contributed by atoms with Crippen molar-refractivity contribution < 1.29 is 31.4 Å². The Hall–Kier alpha value is -2.55. The largest absolute Gasteiger partial charge is 0.507 e. The molecule has 0 aliphatic carbocycles. The molecule has 0 saturated heterocycles. The number of halogens is 6. The highest BCUT2D eigenvalue weighted by Gasteiger charge is 2.31. The summed E-state index contributed by atoms with van der Waals surface area (Å²) in [7, 11) is 0. The van der Waals surface area contributed by atoms with E-state index in [4.69, 9.17) is 0 Å². The van der Waals surface area contributed by atoms with Crippen molar-refractivity contribution in [2.75, 3.05) is 0 Å². The van der Waals surface area contributed by atoms with Gasteiger partial charge in [0.2, 0.25) is 0 Å². The number of hydrogen-bond donors (Lipinski definition) is 1. The molecule has 0 radical (unpaired) electrons. The van der Waals surface area contributed by atoms with Crippen LogP contribution in [-0.2, 0) is 12.4 Å². The number of hydrogen-bond acceptors (Lipinski definition) is 3. The van der Waals surface area contributed by atoms with Crippen molar-refractivity contribution in [1.82, 2.24) is 4.98 Å². The zero-order valence-corrected chi connectivity index (χ0v) is 13.5. The van der Waals surface area contributed by atoms with Gasteiger partial charge in [-0.25, -0.2) is 4.98 Å². The average Bonchev–Trinajstić information content (AvgIpc) is 3.03. The van der Waals surface area contributed by atoms with Crippen molar-refractivity contribution in [2.45, 2.75) is 12.4 Å². The molecule has 1 aromatic heterocycles. The Morgan fingerprint density at radius 1 is 0.808 bits per heavy atom. The van der Waals surface area contributed by atoms with Crippen LogP contribution in [0, 0.1) is 0 Å². The average molecular weight is 389 g/mol. The second-order valence-electron chi connectivity index (χ2n) is 5.34. The van der Waals surface area contributed by atoms with Crippen LogP contribution in [0.4, 0.5) is 26.3 Å². The topological polar surface area (TPSA) is 33.1 Å². The van der Waals surface area contributed by atoms with E-state index in [0.717, 1.165) is 35.6 Å². The summed E-state index contributed by atoms with van der Waals surface area (Å²) in [5.74, 6) is -0.580. The Kier molecular flexibility index (Phi) is 4.43. The van der Waals surface area contributed by atoms with Gasteiger partial charge >= 0.3 is 12.4 Å². The monoisotopic (exact) mass is 389 g/mol. The minimum atomic E-state index is -4.58. The predicted octanol–water partition coefficient (Wildman–Crippen LogP) is 6.22.